The molecule has 0 aliphatic carbocycles. The summed E-state index contributed by atoms with van der Waals surface area (Å²) in [6, 6.07) is 12.3. The van der Waals surface area contributed by atoms with E-state index in [1.165, 1.54) is 30.3 Å². The summed E-state index contributed by atoms with van der Waals surface area (Å²) in [4.78, 5) is 34.9. The summed E-state index contributed by atoms with van der Waals surface area (Å²) >= 11 is 5.04. The number of nitro groups is 1. The van der Waals surface area contributed by atoms with Crippen LogP contribution in [-0.2, 0) is 0 Å². The van der Waals surface area contributed by atoms with Crippen molar-refractivity contribution in [3.05, 3.63) is 69.8 Å². The molecule has 2 N–H and O–H groups in total. The third-order valence-corrected chi connectivity index (χ3v) is 3.55. The average molecular weight is 342 g/mol. The first-order valence-corrected chi connectivity index (χ1v) is 7.18. The van der Waals surface area contributed by atoms with Crippen LogP contribution < -0.4 is 10.7 Å². The molecule has 0 fully saturated rings. The number of carbonyl (C=O) groups excluding carboxylic acids is 2. The van der Waals surface area contributed by atoms with Crippen molar-refractivity contribution in [1.29, 1.82) is 0 Å². The quantitative estimate of drug-likeness (QED) is 0.381. The van der Waals surface area contributed by atoms with Crippen LogP contribution in [0.4, 0.5) is 11.4 Å². The van der Waals surface area contributed by atoms with Crippen molar-refractivity contribution >= 4 is 40.5 Å². The summed E-state index contributed by atoms with van der Waals surface area (Å²) in [7, 11) is 0. The molecule has 2 aromatic rings. The maximum absolute atomic E-state index is 12.2. The molecule has 0 aromatic heterocycles. The highest BCUT2D eigenvalue weighted by atomic mass is 32.1. The first-order chi connectivity index (χ1) is 11.5. The molecule has 1 aliphatic heterocycles. The van der Waals surface area contributed by atoms with E-state index in [0.717, 1.165) is 5.01 Å². The second-order valence-electron chi connectivity index (χ2n) is 4.83. The lowest BCUT2D eigenvalue weighted by Crippen LogP contribution is -2.47. The number of amides is 2. The van der Waals surface area contributed by atoms with Crippen LogP contribution in [0.15, 0.2) is 48.5 Å². The van der Waals surface area contributed by atoms with Crippen molar-refractivity contribution in [2.45, 2.75) is 0 Å². The molecule has 0 radical (unpaired) electrons. The smallest absolute Gasteiger partial charge is 0.292 e. The van der Waals surface area contributed by atoms with Crippen LogP contribution in [-0.4, -0.2) is 26.9 Å². The monoisotopic (exact) mass is 342 g/mol. The number of nitrogens with zero attached hydrogens (tertiary/aromatic N) is 2. The average Bonchev–Trinajstić information content (AvgIpc) is 2.80. The Morgan fingerprint density at radius 3 is 2.12 bits per heavy atom. The Bertz CT molecular complexity index is 848. The summed E-state index contributed by atoms with van der Waals surface area (Å²) in [5.74, 6) is -1.08. The zero-order chi connectivity index (χ0) is 17.3. The van der Waals surface area contributed by atoms with Crippen LogP contribution in [0, 0.1) is 10.1 Å². The van der Waals surface area contributed by atoms with E-state index in [4.69, 9.17) is 12.2 Å². The fourth-order valence-electron chi connectivity index (χ4n) is 2.28. The molecule has 0 atom stereocenters. The third kappa shape index (κ3) is 2.68. The zero-order valence-electron chi connectivity index (χ0n) is 12.1. The van der Waals surface area contributed by atoms with E-state index in [9.17, 15) is 19.7 Å². The van der Waals surface area contributed by atoms with E-state index in [2.05, 4.69) is 10.7 Å². The maximum atomic E-state index is 12.2. The molecular weight excluding hydrogens is 332 g/mol. The molecule has 0 saturated carbocycles. The molecule has 2 amide bonds. The van der Waals surface area contributed by atoms with Gasteiger partial charge in [-0.1, -0.05) is 24.3 Å². The minimum absolute atomic E-state index is 0.112. The number of imide groups is 1. The molecule has 1 aliphatic rings. The van der Waals surface area contributed by atoms with Crippen LogP contribution >= 0.6 is 12.2 Å². The summed E-state index contributed by atoms with van der Waals surface area (Å²) in [5, 5.41) is 14.3. The lowest BCUT2D eigenvalue weighted by molar-refractivity contribution is -0.383. The van der Waals surface area contributed by atoms with E-state index in [1.54, 1.807) is 18.2 Å². The second kappa shape index (κ2) is 6.05. The Hall–Kier alpha value is -3.33. The Kier molecular flexibility index (Phi) is 3.92. The zero-order valence-corrected chi connectivity index (χ0v) is 12.9. The molecule has 8 nitrogen and oxygen atoms in total. The summed E-state index contributed by atoms with van der Waals surface area (Å²) < 4.78 is 0. The minimum atomic E-state index is -0.563. The van der Waals surface area contributed by atoms with Gasteiger partial charge in [-0.15, -0.1) is 0 Å². The lowest BCUT2D eigenvalue weighted by atomic mass is 10.1. The predicted octanol–water partition coefficient (Wildman–Crippen LogP) is 2.09. The number of anilines is 1. The highest BCUT2D eigenvalue weighted by Crippen LogP contribution is 2.24. The van der Waals surface area contributed by atoms with Gasteiger partial charge in [0.05, 0.1) is 16.1 Å². The molecule has 0 unspecified atom stereocenters. The lowest BCUT2D eigenvalue weighted by Gasteiger charge is -2.17. The first kappa shape index (κ1) is 15.6. The van der Waals surface area contributed by atoms with Gasteiger partial charge in [-0.2, -0.15) is 5.01 Å². The normalized spacial score (nSPS) is 12.8. The van der Waals surface area contributed by atoms with E-state index in [0.29, 0.717) is 0 Å². The van der Waals surface area contributed by atoms with E-state index >= 15 is 0 Å². The molecule has 9 heteroatoms. The molecule has 2 aromatic carbocycles. The standard InChI is InChI=1S/C15H10N4O4S/c20-13-9-5-1-2-6-10(9)14(21)18(13)17-15(24)16-11-7-3-4-8-12(11)19(22)23/h1-8H,(H2,16,17,24). The highest BCUT2D eigenvalue weighted by molar-refractivity contribution is 7.80. The Morgan fingerprint density at radius 1 is 1.00 bits per heavy atom. The van der Waals surface area contributed by atoms with Crippen molar-refractivity contribution in [3.8, 4) is 0 Å². The van der Waals surface area contributed by atoms with Gasteiger partial charge < -0.3 is 5.32 Å². The van der Waals surface area contributed by atoms with Gasteiger partial charge in [-0.05, 0) is 30.4 Å². The van der Waals surface area contributed by atoms with Crippen LogP contribution in [0.25, 0.3) is 0 Å². The van der Waals surface area contributed by atoms with Gasteiger partial charge in [0.1, 0.15) is 5.69 Å². The van der Waals surface area contributed by atoms with Crippen LogP contribution in [0.5, 0.6) is 0 Å². The minimum Gasteiger partial charge on any atom is -0.326 e. The van der Waals surface area contributed by atoms with E-state index in [-0.39, 0.29) is 27.6 Å². The fraction of sp³-hybridized carbons (Fsp3) is 0. The third-order valence-electron chi connectivity index (χ3n) is 3.36. The molecule has 24 heavy (non-hydrogen) atoms. The Labute approximate surface area is 141 Å². The number of hydrogen-bond donors (Lipinski definition) is 2. The summed E-state index contributed by atoms with van der Waals surface area (Å²) in [6.45, 7) is 0. The number of thiocarbonyl (C=S) groups is 1. The van der Waals surface area contributed by atoms with Gasteiger partial charge in [-0.25, -0.2) is 0 Å². The number of para-hydroxylation sites is 2. The van der Waals surface area contributed by atoms with Gasteiger partial charge in [0.25, 0.3) is 17.5 Å². The summed E-state index contributed by atoms with van der Waals surface area (Å²) in [5.41, 5.74) is 2.98. The first-order valence-electron chi connectivity index (χ1n) is 6.78. The molecule has 120 valence electrons. The Balaban J connectivity index is 1.77. The molecule has 0 spiro atoms. The highest BCUT2D eigenvalue weighted by Gasteiger charge is 2.36. The molecule has 0 saturated heterocycles. The second-order valence-corrected chi connectivity index (χ2v) is 5.24. The van der Waals surface area contributed by atoms with Gasteiger partial charge >= 0.3 is 0 Å². The maximum Gasteiger partial charge on any atom is 0.292 e. The van der Waals surface area contributed by atoms with Gasteiger partial charge in [0, 0.05) is 6.07 Å². The number of hydrogen-bond acceptors (Lipinski definition) is 5. The SMILES string of the molecule is O=C1c2ccccc2C(=O)N1NC(=S)Nc1ccccc1[N+](=O)[O-]. The van der Waals surface area contributed by atoms with Crippen LogP contribution in [0.3, 0.4) is 0 Å². The van der Waals surface area contributed by atoms with E-state index < -0.39 is 16.7 Å². The molecular formula is C15H10N4O4S. The van der Waals surface area contributed by atoms with Crippen molar-refractivity contribution in [1.82, 2.24) is 10.4 Å². The van der Waals surface area contributed by atoms with Gasteiger partial charge in [0.15, 0.2) is 5.11 Å². The van der Waals surface area contributed by atoms with Crippen molar-refractivity contribution in [3.63, 3.8) is 0 Å². The number of nitrogens with one attached hydrogen (secondary N) is 2. The van der Waals surface area contributed by atoms with Gasteiger partial charge in [0.2, 0.25) is 0 Å². The van der Waals surface area contributed by atoms with Crippen molar-refractivity contribution < 1.29 is 14.5 Å². The fourth-order valence-corrected chi connectivity index (χ4v) is 2.48. The van der Waals surface area contributed by atoms with Gasteiger partial charge in [-0.3, -0.25) is 25.1 Å². The van der Waals surface area contributed by atoms with Crippen molar-refractivity contribution in [2.24, 2.45) is 0 Å². The Morgan fingerprint density at radius 2 is 1.54 bits per heavy atom. The molecule has 0 bridgehead atoms. The van der Waals surface area contributed by atoms with Crippen LogP contribution in [0.1, 0.15) is 20.7 Å². The number of carbonyl (C=O) groups is 2. The van der Waals surface area contributed by atoms with Crippen molar-refractivity contribution in [2.75, 3.05) is 5.32 Å². The number of rotatable bonds is 3. The topological polar surface area (TPSA) is 105 Å². The van der Waals surface area contributed by atoms with Crippen LogP contribution in [0.2, 0.25) is 0 Å². The molecule has 3 rings (SSSR count). The number of hydrazine groups is 1. The number of fused-ring (bicyclic) bond motifs is 1. The molecule has 1 heterocycles. The predicted molar refractivity (Wildman–Crippen MR) is 89.4 cm³/mol. The van der Waals surface area contributed by atoms with E-state index in [1.807, 2.05) is 0 Å². The number of benzene rings is 2. The number of nitro benzene ring substituents is 1. The summed E-state index contributed by atoms with van der Waals surface area (Å²) in [6.07, 6.45) is 0. The largest absolute Gasteiger partial charge is 0.326 e.